The van der Waals surface area contributed by atoms with Crippen molar-refractivity contribution in [1.82, 2.24) is 5.32 Å². The number of amides is 1. The first kappa shape index (κ1) is 15.3. The Balaban J connectivity index is 2.98. The first-order chi connectivity index (χ1) is 8.97. The van der Waals surface area contributed by atoms with Crippen molar-refractivity contribution in [3.63, 3.8) is 0 Å². The van der Waals surface area contributed by atoms with Crippen LogP contribution in [0.2, 0.25) is 0 Å². The second kappa shape index (κ2) is 6.96. The molecule has 0 heterocycles. The maximum atomic E-state index is 12.2. The van der Waals surface area contributed by atoms with Gasteiger partial charge in [0.15, 0.2) is 0 Å². The summed E-state index contributed by atoms with van der Waals surface area (Å²) < 4.78 is 0. The van der Waals surface area contributed by atoms with Crippen molar-refractivity contribution in [2.24, 2.45) is 5.92 Å². The molecule has 0 aliphatic heterocycles. The Hall–Kier alpha value is -1.79. The molecule has 0 saturated carbocycles. The quantitative estimate of drug-likeness (QED) is 0.817. The molecule has 1 amide bonds. The fraction of sp³-hybridized carbons (Fsp3) is 0.438. The molecule has 102 valence electrons. The number of nitrogens with one attached hydrogen (secondary N) is 1. The minimum atomic E-state index is -0.180. The van der Waals surface area contributed by atoms with Crippen molar-refractivity contribution in [2.75, 3.05) is 6.61 Å². The molecular weight excluding hydrogens is 238 g/mol. The molecule has 1 unspecified atom stereocenters. The lowest BCUT2D eigenvalue weighted by Gasteiger charge is -2.18. The molecule has 0 spiro atoms. The summed E-state index contributed by atoms with van der Waals surface area (Å²) in [4.78, 5) is 12.2. The zero-order valence-corrected chi connectivity index (χ0v) is 11.9. The molecule has 3 heteroatoms. The fourth-order valence-electron chi connectivity index (χ4n) is 1.60. The minimum absolute atomic E-state index is 0.0775. The van der Waals surface area contributed by atoms with E-state index in [0.717, 1.165) is 11.1 Å². The standard InChI is InChI=1S/C16H21NO2/c1-11(2)13(4)17-16(19)15-9-5-7-14(12(15)3)8-6-10-18/h5,7,9,11,13,18H,10H2,1-4H3,(H,17,19). The van der Waals surface area contributed by atoms with Gasteiger partial charge in [-0.05, 0) is 37.5 Å². The van der Waals surface area contributed by atoms with E-state index >= 15 is 0 Å². The van der Waals surface area contributed by atoms with Crippen molar-refractivity contribution in [1.29, 1.82) is 0 Å². The van der Waals surface area contributed by atoms with Crippen LogP contribution in [-0.4, -0.2) is 23.7 Å². The van der Waals surface area contributed by atoms with Gasteiger partial charge in [0.2, 0.25) is 0 Å². The van der Waals surface area contributed by atoms with Crippen molar-refractivity contribution in [3.8, 4) is 11.8 Å². The van der Waals surface area contributed by atoms with Crippen LogP contribution in [0.4, 0.5) is 0 Å². The molecule has 0 bridgehead atoms. The minimum Gasteiger partial charge on any atom is -0.384 e. The first-order valence-corrected chi connectivity index (χ1v) is 6.47. The number of aliphatic hydroxyl groups excluding tert-OH is 1. The Morgan fingerprint density at radius 2 is 2.05 bits per heavy atom. The third-order valence-corrected chi connectivity index (χ3v) is 3.24. The summed E-state index contributed by atoms with van der Waals surface area (Å²) >= 11 is 0. The molecule has 0 aliphatic rings. The summed E-state index contributed by atoms with van der Waals surface area (Å²) in [5.74, 6) is 5.77. The number of carbonyl (C=O) groups is 1. The third kappa shape index (κ3) is 4.11. The van der Waals surface area contributed by atoms with E-state index in [2.05, 4.69) is 31.0 Å². The summed E-state index contributed by atoms with van der Waals surface area (Å²) in [6.45, 7) is 7.83. The second-order valence-corrected chi connectivity index (χ2v) is 4.94. The Kier molecular flexibility index (Phi) is 5.59. The lowest BCUT2D eigenvalue weighted by molar-refractivity contribution is 0.0930. The molecule has 1 atom stereocenters. The van der Waals surface area contributed by atoms with Crippen LogP contribution in [0.3, 0.4) is 0 Å². The van der Waals surface area contributed by atoms with E-state index in [-0.39, 0.29) is 18.6 Å². The van der Waals surface area contributed by atoms with Crippen LogP contribution < -0.4 is 5.32 Å². The number of hydrogen-bond acceptors (Lipinski definition) is 2. The van der Waals surface area contributed by atoms with Gasteiger partial charge in [0.05, 0.1) is 0 Å². The summed E-state index contributed by atoms with van der Waals surface area (Å²) in [5, 5.41) is 11.7. The van der Waals surface area contributed by atoms with Crippen molar-refractivity contribution < 1.29 is 9.90 Å². The van der Waals surface area contributed by atoms with Crippen molar-refractivity contribution in [3.05, 3.63) is 34.9 Å². The smallest absolute Gasteiger partial charge is 0.251 e. The van der Waals surface area contributed by atoms with Gasteiger partial charge in [-0.1, -0.05) is 31.8 Å². The molecule has 0 radical (unpaired) electrons. The van der Waals surface area contributed by atoms with Crippen LogP contribution in [0.25, 0.3) is 0 Å². The zero-order chi connectivity index (χ0) is 14.4. The highest BCUT2D eigenvalue weighted by Gasteiger charge is 2.15. The molecule has 0 fully saturated rings. The summed E-state index contributed by atoms with van der Waals surface area (Å²) in [6.07, 6.45) is 0. The molecule has 1 aromatic carbocycles. The van der Waals surface area contributed by atoms with Crippen molar-refractivity contribution in [2.45, 2.75) is 33.7 Å². The predicted octanol–water partition coefficient (Wildman–Crippen LogP) is 2.11. The van der Waals surface area contributed by atoms with Gasteiger partial charge in [-0.25, -0.2) is 0 Å². The number of rotatable bonds is 3. The maximum absolute atomic E-state index is 12.2. The Bertz CT molecular complexity index is 509. The Morgan fingerprint density at radius 1 is 1.37 bits per heavy atom. The largest absolute Gasteiger partial charge is 0.384 e. The lowest BCUT2D eigenvalue weighted by atomic mass is 10.0. The van der Waals surface area contributed by atoms with E-state index in [1.807, 2.05) is 26.0 Å². The molecule has 2 N–H and O–H groups in total. The van der Waals surface area contributed by atoms with E-state index < -0.39 is 0 Å². The van der Waals surface area contributed by atoms with E-state index in [4.69, 9.17) is 5.11 Å². The van der Waals surface area contributed by atoms with Gasteiger partial charge in [-0.15, -0.1) is 0 Å². The lowest BCUT2D eigenvalue weighted by Crippen LogP contribution is -2.36. The number of aliphatic hydroxyl groups is 1. The third-order valence-electron chi connectivity index (χ3n) is 3.24. The van der Waals surface area contributed by atoms with E-state index in [9.17, 15) is 4.79 Å². The molecular formula is C16H21NO2. The van der Waals surface area contributed by atoms with Crippen LogP contribution in [0.15, 0.2) is 18.2 Å². The van der Waals surface area contributed by atoms with Gasteiger partial charge in [0.1, 0.15) is 6.61 Å². The maximum Gasteiger partial charge on any atom is 0.251 e. The predicted molar refractivity (Wildman–Crippen MR) is 76.9 cm³/mol. The average molecular weight is 259 g/mol. The topological polar surface area (TPSA) is 49.3 Å². The Morgan fingerprint density at radius 3 is 2.63 bits per heavy atom. The summed E-state index contributed by atoms with van der Waals surface area (Å²) in [5.41, 5.74) is 2.26. The average Bonchev–Trinajstić information content (AvgIpc) is 2.37. The number of benzene rings is 1. The van der Waals surface area contributed by atoms with Gasteiger partial charge in [-0.3, -0.25) is 4.79 Å². The highest BCUT2D eigenvalue weighted by molar-refractivity contribution is 5.96. The molecule has 3 nitrogen and oxygen atoms in total. The van der Waals surface area contributed by atoms with Crippen LogP contribution in [0.1, 0.15) is 42.3 Å². The van der Waals surface area contributed by atoms with E-state index in [1.54, 1.807) is 6.07 Å². The van der Waals surface area contributed by atoms with Gasteiger partial charge < -0.3 is 10.4 Å². The van der Waals surface area contributed by atoms with Gasteiger partial charge >= 0.3 is 0 Å². The molecule has 19 heavy (non-hydrogen) atoms. The highest BCUT2D eigenvalue weighted by atomic mass is 16.2. The molecule has 1 rings (SSSR count). The monoisotopic (exact) mass is 259 g/mol. The molecule has 0 aromatic heterocycles. The van der Waals surface area contributed by atoms with E-state index in [0.29, 0.717) is 11.5 Å². The molecule has 0 aliphatic carbocycles. The van der Waals surface area contributed by atoms with Gasteiger partial charge in [0, 0.05) is 17.2 Å². The number of carbonyl (C=O) groups excluding carboxylic acids is 1. The van der Waals surface area contributed by atoms with Crippen LogP contribution in [0.5, 0.6) is 0 Å². The normalized spacial score (nSPS) is 11.7. The number of hydrogen-bond donors (Lipinski definition) is 2. The summed E-state index contributed by atoms with van der Waals surface area (Å²) in [6, 6.07) is 5.57. The second-order valence-electron chi connectivity index (χ2n) is 4.94. The van der Waals surface area contributed by atoms with Crippen LogP contribution in [-0.2, 0) is 0 Å². The molecule has 1 aromatic rings. The Labute approximate surface area is 115 Å². The van der Waals surface area contributed by atoms with Crippen LogP contribution >= 0.6 is 0 Å². The SMILES string of the molecule is Cc1c(C#CCO)cccc1C(=O)NC(C)C(C)C. The first-order valence-electron chi connectivity index (χ1n) is 6.47. The van der Waals surface area contributed by atoms with E-state index in [1.165, 1.54) is 0 Å². The van der Waals surface area contributed by atoms with Gasteiger partial charge in [-0.2, -0.15) is 0 Å². The van der Waals surface area contributed by atoms with Gasteiger partial charge in [0.25, 0.3) is 5.91 Å². The zero-order valence-electron chi connectivity index (χ0n) is 11.9. The molecule has 0 saturated heterocycles. The van der Waals surface area contributed by atoms with Crippen LogP contribution in [0, 0.1) is 24.7 Å². The fourth-order valence-corrected chi connectivity index (χ4v) is 1.60. The highest BCUT2D eigenvalue weighted by Crippen LogP contribution is 2.13. The van der Waals surface area contributed by atoms with Crippen molar-refractivity contribution >= 4 is 5.91 Å². The summed E-state index contributed by atoms with van der Waals surface area (Å²) in [7, 11) is 0.